The lowest BCUT2D eigenvalue weighted by Gasteiger charge is -2.15. The van der Waals surface area contributed by atoms with Crippen LogP contribution in [-0.4, -0.2) is 38.6 Å². The van der Waals surface area contributed by atoms with Crippen LogP contribution in [0.1, 0.15) is 41.5 Å². The van der Waals surface area contributed by atoms with Gasteiger partial charge in [-0.15, -0.1) is 0 Å². The highest BCUT2D eigenvalue weighted by atomic mass is 19.1. The van der Waals surface area contributed by atoms with Crippen molar-refractivity contribution >= 4 is 17.4 Å². The SMILES string of the molecule is O=C(C=C(O)c1cc(Cc2ccccc2F)cn(Cc2c(F)cccc2F)c1=O)C(=O)N[C@H]1CCC[C@@H]1O. The number of aliphatic hydroxyl groups is 2. The van der Waals surface area contributed by atoms with Gasteiger partial charge in [0, 0.05) is 24.3 Å². The summed E-state index contributed by atoms with van der Waals surface area (Å²) in [5.41, 5.74) is -1.16. The summed E-state index contributed by atoms with van der Waals surface area (Å²) in [4.78, 5) is 37.9. The Morgan fingerprint density at radius 2 is 1.71 bits per heavy atom. The Labute approximate surface area is 215 Å². The summed E-state index contributed by atoms with van der Waals surface area (Å²) in [6.07, 6.45) is 2.68. The van der Waals surface area contributed by atoms with Crippen molar-refractivity contribution in [3.8, 4) is 0 Å². The van der Waals surface area contributed by atoms with E-state index in [0.717, 1.165) is 16.7 Å². The van der Waals surface area contributed by atoms with Crippen molar-refractivity contribution in [1.82, 2.24) is 9.88 Å². The molecular weight excluding hydrogens is 501 g/mol. The van der Waals surface area contributed by atoms with E-state index in [-0.39, 0.29) is 12.0 Å². The molecule has 0 aliphatic heterocycles. The van der Waals surface area contributed by atoms with E-state index < -0.39 is 70.3 Å². The highest BCUT2D eigenvalue weighted by Gasteiger charge is 2.28. The molecule has 4 rings (SSSR count). The number of ketones is 1. The number of benzene rings is 2. The highest BCUT2D eigenvalue weighted by molar-refractivity contribution is 6.41. The van der Waals surface area contributed by atoms with E-state index >= 15 is 0 Å². The van der Waals surface area contributed by atoms with Crippen molar-refractivity contribution in [2.45, 2.75) is 44.4 Å². The third-order valence-electron chi connectivity index (χ3n) is 6.45. The molecule has 0 unspecified atom stereocenters. The van der Waals surface area contributed by atoms with Gasteiger partial charge in [-0.05, 0) is 54.7 Å². The van der Waals surface area contributed by atoms with Gasteiger partial charge in [-0.2, -0.15) is 0 Å². The second-order valence-electron chi connectivity index (χ2n) is 9.14. The molecule has 7 nitrogen and oxygen atoms in total. The van der Waals surface area contributed by atoms with Gasteiger partial charge in [-0.1, -0.05) is 24.3 Å². The summed E-state index contributed by atoms with van der Waals surface area (Å²) in [5, 5.41) is 22.9. The number of rotatable bonds is 8. The van der Waals surface area contributed by atoms with Gasteiger partial charge in [0.15, 0.2) is 0 Å². The van der Waals surface area contributed by atoms with Crippen LogP contribution < -0.4 is 10.9 Å². The van der Waals surface area contributed by atoms with Gasteiger partial charge in [0.05, 0.1) is 24.3 Å². The molecule has 0 bridgehead atoms. The van der Waals surface area contributed by atoms with E-state index in [2.05, 4.69) is 5.32 Å². The molecule has 1 amide bonds. The maximum Gasteiger partial charge on any atom is 0.292 e. The zero-order valence-electron chi connectivity index (χ0n) is 20.2. The molecule has 0 radical (unpaired) electrons. The van der Waals surface area contributed by atoms with Gasteiger partial charge in [-0.3, -0.25) is 14.4 Å². The van der Waals surface area contributed by atoms with E-state index in [1.807, 2.05) is 0 Å². The minimum absolute atomic E-state index is 0.0407. The standard InChI is InChI=1S/C28H25F3N2O5/c29-20-6-2-1-5-17(20)11-16-12-18(25(35)13-26(36)27(37)32-23-9-4-10-24(23)34)28(38)33(14-16)15-19-21(30)7-3-8-22(19)31/h1-3,5-8,12-14,23-24,34-35H,4,9-11,15H2,(H,32,37)/t23-,24-/m0/s1. The van der Waals surface area contributed by atoms with Crippen LogP contribution in [0.25, 0.3) is 5.76 Å². The largest absolute Gasteiger partial charge is 0.507 e. The molecule has 3 aromatic rings. The van der Waals surface area contributed by atoms with Crippen LogP contribution in [-0.2, 0) is 22.6 Å². The monoisotopic (exact) mass is 526 g/mol. The number of nitrogens with one attached hydrogen (secondary N) is 1. The fourth-order valence-electron chi connectivity index (χ4n) is 4.43. The average Bonchev–Trinajstić information content (AvgIpc) is 3.28. The molecule has 3 N–H and O–H groups in total. The molecule has 1 heterocycles. The van der Waals surface area contributed by atoms with Crippen LogP contribution in [0.2, 0.25) is 0 Å². The second-order valence-corrected chi connectivity index (χ2v) is 9.14. The number of hydrogen-bond donors (Lipinski definition) is 3. The van der Waals surface area contributed by atoms with E-state index in [0.29, 0.717) is 30.9 Å². The first-order valence-corrected chi connectivity index (χ1v) is 12.0. The van der Waals surface area contributed by atoms with Gasteiger partial charge in [0.1, 0.15) is 23.2 Å². The molecule has 1 saturated carbocycles. The smallest absolute Gasteiger partial charge is 0.292 e. The molecular formula is C28H25F3N2O5. The molecule has 1 fully saturated rings. The molecule has 0 saturated heterocycles. The maximum absolute atomic E-state index is 14.3. The summed E-state index contributed by atoms with van der Waals surface area (Å²) in [6.45, 7) is -0.545. The Morgan fingerprint density at radius 3 is 2.37 bits per heavy atom. The van der Waals surface area contributed by atoms with Crippen LogP contribution in [0.15, 0.2) is 65.6 Å². The van der Waals surface area contributed by atoms with Gasteiger partial charge < -0.3 is 20.1 Å². The third kappa shape index (κ3) is 6.03. The third-order valence-corrected chi connectivity index (χ3v) is 6.45. The van der Waals surface area contributed by atoms with E-state index in [1.165, 1.54) is 36.5 Å². The summed E-state index contributed by atoms with van der Waals surface area (Å²) in [6, 6.07) is 9.74. The first-order valence-electron chi connectivity index (χ1n) is 12.0. The Hall–Kier alpha value is -4.18. The van der Waals surface area contributed by atoms with Gasteiger partial charge in [-0.25, -0.2) is 13.2 Å². The lowest BCUT2D eigenvalue weighted by atomic mass is 10.0. The fourth-order valence-corrected chi connectivity index (χ4v) is 4.43. The van der Waals surface area contributed by atoms with E-state index in [4.69, 9.17) is 0 Å². The fraction of sp³-hybridized carbons (Fsp3) is 0.250. The summed E-state index contributed by atoms with van der Waals surface area (Å²) in [7, 11) is 0. The van der Waals surface area contributed by atoms with Gasteiger partial charge in [0.25, 0.3) is 11.5 Å². The quantitative estimate of drug-likeness (QED) is 0.237. The predicted molar refractivity (Wildman–Crippen MR) is 133 cm³/mol. The molecule has 38 heavy (non-hydrogen) atoms. The molecule has 1 aromatic heterocycles. The lowest BCUT2D eigenvalue weighted by molar-refractivity contribution is -0.136. The first kappa shape index (κ1) is 26.9. The first-order chi connectivity index (χ1) is 18.1. The van der Waals surface area contributed by atoms with Crippen molar-refractivity contribution in [2.24, 2.45) is 0 Å². The summed E-state index contributed by atoms with van der Waals surface area (Å²) in [5.74, 6) is -5.38. The second kappa shape index (κ2) is 11.5. The number of amides is 1. The molecule has 10 heteroatoms. The van der Waals surface area contributed by atoms with Gasteiger partial charge >= 0.3 is 0 Å². The lowest BCUT2D eigenvalue weighted by Crippen LogP contribution is -2.42. The normalized spacial score (nSPS) is 17.4. The summed E-state index contributed by atoms with van der Waals surface area (Å²) >= 11 is 0. The average molecular weight is 527 g/mol. The minimum Gasteiger partial charge on any atom is -0.507 e. The Bertz CT molecular complexity index is 1450. The van der Waals surface area contributed by atoms with Crippen LogP contribution in [0.4, 0.5) is 13.2 Å². The number of carbonyl (C=O) groups is 2. The molecule has 1 aliphatic carbocycles. The zero-order chi connectivity index (χ0) is 27.4. The number of aromatic nitrogens is 1. The Morgan fingerprint density at radius 1 is 1.03 bits per heavy atom. The molecule has 2 atom stereocenters. The van der Waals surface area contributed by atoms with Crippen LogP contribution >= 0.6 is 0 Å². The van der Waals surface area contributed by atoms with Crippen LogP contribution in [0.5, 0.6) is 0 Å². The number of halogens is 3. The van der Waals surface area contributed by atoms with Crippen LogP contribution in [0, 0.1) is 17.5 Å². The minimum atomic E-state index is -1.16. The van der Waals surface area contributed by atoms with Gasteiger partial charge in [0.2, 0.25) is 5.78 Å². The van der Waals surface area contributed by atoms with E-state index in [1.54, 1.807) is 6.07 Å². The van der Waals surface area contributed by atoms with Crippen molar-refractivity contribution in [3.05, 3.63) is 111 Å². The summed E-state index contributed by atoms with van der Waals surface area (Å²) < 4.78 is 43.8. The van der Waals surface area contributed by atoms with Crippen molar-refractivity contribution < 1.29 is 33.0 Å². The number of hydrogen-bond acceptors (Lipinski definition) is 5. The van der Waals surface area contributed by atoms with Crippen molar-refractivity contribution in [2.75, 3.05) is 0 Å². The molecule has 2 aromatic carbocycles. The topological polar surface area (TPSA) is 109 Å². The Kier molecular flexibility index (Phi) is 8.11. The molecule has 0 spiro atoms. The number of aliphatic hydroxyl groups excluding tert-OH is 2. The highest BCUT2D eigenvalue weighted by Crippen LogP contribution is 2.20. The number of carbonyl (C=O) groups excluding carboxylic acids is 2. The molecule has 1 aliphatic rings. The van der Waals surface area contributed by atoms with E-state index in [9.17, 15) is 37.8 Å². The predicted octanol–water partition coefficient (Wildman–Crippen LogP) is 3.40. The Balaban J connectivity index is 1.70. The van der Waals surface area contributed by atoms with Crippen molar-refractivity contribution in [1.29, 1.82) is 0 Å². The van der Waals surface area contributed by atoms with Crippen molar-refractivity contribution in [3.63, 3.8) is 0 Å². The maximum atomic E-state index is 14.3. The number of pyridine rings is 1. The number of nitrogens with zero attached hydrogens (tertiary/aromatic N) is 1. The van der Waals surface area contributed by atoms with Crippen LogP contribution in [0.3, 0.4) is 0 Å². The zero-order valence-corrected chi connectivity index (χ0v) is 20.2. The molecule has 198 valence electrons.